The van der Waals surface area contributed by atoms with Crippen molar-refractivity contribution in [2.75, 3.05) is 43.6 Å². The highest BCUT2D eigenvalue weighted by molar-refractivity contribution is 7.15. The molecule has 6 nitrogen and oxygen atoms in total. The van der Waals surface area contributed by atoms with Gasteiger partial charge in [-0.1, -0.05) is 30.3 Å². The highest BCUT2D eigenvalue weighted by Gasteiger charge is 2.16. The molecule has 7 heteroatoms. The molecule has 0 spiro atoms. The molecule has 0 saturated carbocycles. The zero-order valence-electron chi connectivity index (χ0n) is 19.0. The summed E-state index contributed by atoms with van der Waals surface area (Å²) >= 11 is 1.82. The van der Waals surface area contributed by atoms with Gasteiger partial charge in [0, 0.05) is 45.8 Å². The van der Waals surface area contributed by atoms with E-state index in [2.05, 4.69) is 87.3 Å². The standard InChI is InChI=1S/C26H29N5OS/c1-18(24-9-10-25(33-24)22-6-4-3-5-19(22)16-27-2)29-26-23-15-21(31-11-13-32-14-12-31)8-7-20(23)17-28-30-26/h3-10,15,17-18,27H,11-14,16H2,1-2H3,(H,29,30)/t18-/m1/s1. The minimum Gasteiger partial charge on any atom is -0.378 e. The van der Waals surface area contributed by atoms with Crippen molar-refractivity contribution in [3.05, 3.63) is 71.2 Å². The van der Waals surface area contributed by atoms with Gasteiger partial charge in [0.25, 0.3) is 0 Å². The molecule has 1 aliphatic rings. The van der Waals surface area contributed by atoms with Crippen molar-refractivity contribution in [3.8, 4) is 10.4 Å². The fraction of sp³-hybridized carbons (Fsp3) is 0.308. The molecule has 2 aromatic carbocycles. The van der Waals surface area contributed by atoms with Crippen LogP contribution >= 0.6 is 11.3 Å². The van der Waals surface area contributed by atoms with Gasteiger partial charge in [-0.3, -0.25) is 0 Å². The van der Waals surface area contributed by atoms with Crippen molar-refractivity contribution in [1.82, 2.24) is 15.5 Å². The van der Waals surface area contributed by atoms with Crippen molar-refractivity contribution in [1.29, 1.82) is 0 Å². The number of ether oxygens (including phenoxy) is 1. The molecule has 170 valence electrons. The zero-order valence-corrected chi connectivity index (χ0v) is 19.9. The van der Waals surface area contributed by atoms with Crippen LogP contribution in [0.1, 0.15) is 23.4 Å². The minimum absolute atomic E-state index is 0.118. The van der Waals surface area contributed by atoms with Crippen LogP contribution in [0.15, 0.2) is 60.8 Å². The van der Waals surface area contributed by atoms with Crippen LogP contribution in [0.4, 0.5) is 11.5 Å². The van der Waals surface area contributed by atoms with Gasteiger partial charge in [0.05, 0.1) is 25.5 Å². The summed E-state index contributed by atoms with van der Waals surface area (Å²) in [6.07, 6.45) is 1.83. The van der Waals surface area contributed by atoms with Gasteiger partial charge in [-0.2, -0.15) is 5.10 Å². The number of hydrogen-bond donors (Lipinski definition) is 2. The quantitative estimate of drug-likeness (QED) is 0.402. The number of thiophene rings is 1. The molecule has 1 aliphatic heterocycles. The SMILES string of the molecule is CNCc1ccccc1-c1ccc([C@@H](C)Nc2nncc3ccc(N4CCOCC4)cc23)s1. The number of hydrogen-bond acceptors (Lipinski definition) is 7. The van der Waals surface area contributed by atoms with Gasteiger partial charge < -0.3 is 20.3 Å². The first kappa shape index (κ1) is 21.8. The third-order valence-electron chi connectivity index (χ3n) is 6.08. The Morgan fingerprint density at radius 2 is 1.94 bits per heavy atom. The van der Waals surface area contributed by atoms with Crippen molar-refractivity contribution in [2.24, 2.45) is 0 Å². The van der Waals surface area contributed by atoms with Crippen LogP contribution < -0.4 is 15.5 Å². The van der Waals surface area contributed by atoms with E-state index in [4.69, 9.17) is 4.74 Å². The Labute approximate surface area is 198 Å². The number of anilines is 2. The molecule has 0 bridgehead atoms. The summed E-state index contributed by atoms with van der Waals surface area (Å²) in [6.45, 7) is 6.40. The number of rotatable bonds is 7. The monoisotopic (exact) mass is 459 g/mol. The molecule has 3 heterocycles. The molecular formula is C26H29N5OS. The van der Waals surface area contributed by atoms with Gasteiger partial charge in [0.15, 0.2) is 5.82 Å². The molecule has 5 rings (SSSR count). The van der Waals surface area contributed by atoms with Crippen LogP contribution in [-0.2, 0) is 11.3 Å². The topological polar surface area (TPSA) is 62.3 Å². The summed E-state index contributed by atoms with van der Waals surface area (Å²) in [7, 11) is 1.98. The van der Waals surface area contributed by atoms with Crippen LogP contribution in [0.3, 0.4) is 0 Å². The molecule has 33 heavy (non-hydrogen) atoms. The van der Waals surface area contributed by atoms with Gasteiger partial charge in [-0.15, -0.1) is 16.4 Å². The molecule has 4 aromatic rings. The summed E-state index contributed by atoms with van der Waals surface area (Å²) in [5.41, 5.74) is 3.80. The van der Waals surface area contributed by atoms with E-state index >= 15 is 0 Å². The molecular weight excluding hydrogens is 430 g/mol. The fourth-order valence-corrected chi connectivity index (χ4v) is 5.37. The molecule has 2 N–H and O–H groups in total. The molecule has 0 amide bonds. The van der Waals surface area contributed by atoms with Crippen LogP contribution in [-0.4, -0.2) is 43.5 Å². The van der Waals surface area contributed by atoms with Gasteiger partial charge in [0.1, 0.15) is 0 Å². The summed E-state index contributed by atoms with van der Waals surface area (Å²) in [6, 6.07) is 19.7. The van der Waals surface area contributed by atoms with Crippen LogP contribution in [0.2, 0.25) is 0 Å². The molecule has 0 radical (unpaired) electrons. The molecule has 0 unspecified atom stereocenters. The van der Waals surface area contributed by atoms with Gasteiger partial charge in [-0.05, 0) is 49.4 Å². The summed E-state index contributed by atoms with van der Waals surface area (Å²) in [5.74, 6) is 0.820. The van der Waals surface area contributed by atoms with E-state index in [1.54, 1.807) is 0 Å². The maximum atomic E-state index is 5.51. The summed E-state index contributed by atoms with van der Waals surface area (Å²) in [5, 5.41) is 17.8. The maximum Gasteiger partial charge on any atom is 0.157 e. The Hall–Kier alpha value is -3.00. The van der Waals surface area contributed by atoms with Crippen molar-refractivity contribution < 1.29 is 4.74 Å². The van der Waals surface area contributed by atoms with E-state index in [1.165, 1.54) is 26.6 Å². The lowest BCUT2D eigenvalue weighted by molar-refractivity contribution is 0.122. The van der Waals surface area contributed by atoms with E-state index in [-0.39, 0.29) is 6.04 Å². The van der Waals surface area contributed by atoms with Crippen LogP contribution in [0.25, 0.3) is 21.2 Å². The third-order valence-corrected chi connectivity index (χ3v) is 7.38. The Kier molecular flexibility index (Phi) is 6.53. The minimum atomic E-state index is 0.118. The number of aromatic nitrogens is 2. The second-order valence-electron chi connectivity index (χ2n) is 8.32. The molecule has 0 aliphatic carbocycles. The highest BCUT2D eigenvalue weighted by Crippen LogP contribution is 2.35. The summed E-state index contributed by atoms with van der Waals surface area (Å²) < 4.78 is 5.51. The average Bonchev–Trinajstić information content (AvgIpc) is 3.35. The van der Waals surface area contributed by atoms with Crippen LogP contribution in [0, 0.1) is 0 Å². The Bertz CT molecular complexity index is 1230. The smallest absolute Gasteiger partial charge is 0.157 e. The Balaban J connectivity index is 1.40. The molecule has 2 aromatic heterocycles. The lowest BCUT2D eigenvalue weighted by atomic mass is 10.1. The molecule has 1 fully saturated rings. The first-order chi connectivity index (χ1) is 16.2. The Morgan fingerprint density at radius 3 is 2.79 bits per heavy atom. The number of nitrogens with one attached hydrogen (secondary N) is 2. The first-order valence-corrected chi connectivity index (χ1v) is 12.2. The van der Waals surface area contributed by atoms with E-state index < -0.39 is 0 Å². The van der Waals surface area contributed by atoms with E-state index in [9.17, 15) is 0 Å². The third kappa shape index (κ3) is 4.71. The second kappa shape index (κ2) is 9.87. The average molecular weight is 460 g/mol. The maximum absolute atomic E-state index is 5.51. The predicted molar refractivity (Wildman–Crippen MR) is 137 cm³/mol. The largest absolute Gasteiger partial charge is 0.378 e. The van der Waals surface area contributed by atoms with E-state index in [1.807, 2.05) is 24.6 Å². The number of morpholine rings is 1. The fourth-order valence-electron chi connectivity index (χ4n) is 4.30. The van der Waals surface area contributed by atoms with Crippen molar-refractivity contribution in [2.45, 2.75) is 19.5 Å². The number of benzene rings is 2. The normalized spacial score (nSPS) is 15.0. The number of nitrogens with zero attached hydrogens (tertiary/aromatic N) is 3. The Morgan fingerprint density at radius 1 is 1.09 bits per heavy atom. The van der Waals surface area contributed by atoms with Gasteiger partial charge in [-0.25, -0.2) is 0 Å². The zero-order chi connectivity index (χ0) is 22.6. The predicted octanol–water partition coefficient (Wildman–Crippen LogP) is 5.09. The molecule has 1 atom stereocenters. The van der Waals surface area contributed by atoms with Crippen molar-refractivity contribution >= 4 is 33.6 Å². The van der Waals surface area contributed by atoms with E-state index in [0.717, 1.165) is 49.4 Å². The number of fused-ring (bicyclic) bond motifs is 1. The first-order valence-electron chi connectivity index (χ1n) is 11.4. The lowest BCUT2D eigenvalue weighted by Crippen LogP contribution is -2.36. The van der Waals surface area contributed by atoms with Gasteiger partial charge >= 0.3 is 0 Å². The van der Waals surface area contributed by atoms with Crippen LogP contribution in [0.5, 0.6) is 0 Å². The summed E-state index contributed by atoms with van der Waals surface area (Å²) in [4.78, 5) is 4.92. The van der Waals surface area contributed by atoms with E-state index in [0.29, 0.717) is 0 Å². The second-order valence-corrected chi connectivity index (χ2v) is 9.44. The highest BCUT2D eigenvalue weighted by atomic mass is 32.1. The van der Waals surface area contributed by atoms with Crippen molar-refractivity contribution in [3.63, 3.8) is 0 Å². The molecule has 1 saturated heterocycles. The lowest BCUT2D eigenvalue weighted by Gasteiger charge is -2.29. The van der Waals surface area contributed by atoms with Gasteiger partial charge in [0.2, 0.25) is 0 Å².